The van der Waals surface area contributed by atoms with E-state index in [1.54, 1.807) is 0 Å². The Morgan fingerprint density at radius 2 is 1.90 bits per heavy atom. The van der Waals surface area contributed by atoms with E-state index in [1.165, 1.54) is 5.56 Å². The van der Waals surface area contributed by atoms with Crippen molar-refractivity contribution in [2.45, 2.75) is 88.9 Å². The zero-order valence-electron chi connectivity index (χ0n) is 24.9. The normalized spacial score (nSPS) is 21.5. The van der Waals surface area contributed by atoms with Gasteiger partial charge in [0, 0.05) is 15.6 Å². The molecule has 1 aromatic heterocycles. The molecule has 1 saturated carbocycles. The highest BCUT2D eigenvalue weighted by molar-refractivity contribution is 14.1. The van der Waals surface area contributed by atoms with Crippen molar-refractivity contribution in [3.8, 4) is 0 Å². The Bertz CT molecular complexity index is 1420. The van der Waals surface area contributed by atoms with Gasteiger partial charge >= 0.3 is 0 Å². The molecule has 0 unspecified atom stereocenters. The molecule has 2 amide bonds. The monoisotopic (exact) mass is 681 g/mol. The largest absolute Gasteiger partial charge is 0.345 e. The minimum absolute atomic E-state index is 0.00944. The van der Waals surface area contributed by atoms with Crippen LogP contribution in [0.1, 0.15) is 105 Å². The molecule has 2 N–H and O–H groups in total. The molecule has 0 radical (unpaired) electrons. The molecule has 2 heterocycles. The number of nitrogens with zero attached hydrogens (tertiary/aromatic N) is 5. The average molecular weight is 682 g/mol. The van der Waals surface area contributed by atoms with Crippen LogP contribution in [-0.4, -0.2) is 48.7 Å². The molecule has 10 heteroatoms. The van der Waals surface area contributed by atoms with Crippen LogP contribution < -0.4 is 5.32 Å². The number of halogens is 1. The maximum Gasteiger partial charge on any atom is 0.275 e. The predicted molar refractivity (Wildman–Crippen MR) is 171 cm³/mol. The third-order valence-electron chi connectivity index (χ3n) is 8.78. The molecule has 2 aliphatic rings. The minimum Gasteiger partial charge on any atom is -0.345 e. The molecule has 0 saturated heterocycles. The highest BCUT2D eigenvalue weighted by atomic mass is 127. The van der Waals surface area contributed by atoms with Crippen LogP contribution in [-0.2, 0) is 15.8 Å². The van der Waals surface area contributed by atoms with Gasteiger partial charge in [-0.2, -0.15) is 5.21 Å². The summed E-state index contributed by atoms with van der Waals surface area (Å²) in [6, 6.07) is 15.7. The summed E-state index contributed by atoms with van der Waals surface area (Å²) in [6.45, 7) is 9.29. The Kier molecular flexibility index (Phi) is 9.10. The number of benzene rings is 2. The number of H-pyrrole nitrogens is 1. The van der Waals surface area contributed by atoms with E-state index in [0.29, 0.717) is 23.0 Å². The third-order valence-corrected chi connectivity index (χ3v) is 9.66. The van der Waals surface area contributed by atoms with Crippen molar-refractivity contribution >= 4 is 40.1 Å². The second-order valence-electron chi connectivity index (χ2n) is 12.5. The van der Waals surface area contributed by atoms with Crippen molar-refractivity contribution in [3.63, 3.8) is 0 Å². The molecular weight excluding hydrogens is 641 g/mol. The van der Waals surface area contributed by atoms with E-state index in [2.05, 4.69) is 93.3 Å². The fourth-order valence-corrected chi connectivity index (χ4v) is 6.90. The number of hydrogen-bond donors (Lipinski definition) is 2. The Balaban J connectivity index is 1.46. The molecular formula is C32H40IN7O2. The number of aliphatic imine (C=N–C) groups is 1. The van der Waals surface area contributed by atoms with E-state index in [0.717, 1.165) is 54.1 Å². The summed E-state index contributed by atoms with van der Waals surface area (Å²) in [5.74, 6) is 0.807. The van der Waals surface area contributed by atoms with E-state index in [4.69, 9.17) is 4.99 Å². The van der Waals surface area contributed by atoms with Crippen LogP contribution in [0.3, 0.4) is 0 Å². The molecule has 1 atom stereocenters. The first-order chi connectivity index (χ1) is 20.1. The lowest BCUT2D eigenvalue weighted by atomic mass is 9.69. The molecule has 9 nitrogen and oxygen atoms in total. The average Bonchev–Trinajstić information content (AvgIpc) is 3.61. The zero-order valence-corrected chi connectivity index (χ0v) is 27.0. The summed E-state index contributed by atoms with van der Waals surface area (Å²) in [4.78, 5) is 34.6. The third kappa shape index (κ3) is 6.28. The van der Waals surface area contributed by atoms with Gasteiger partial charge in [-0.1, -0.05) is 92.3 Å². The van der Waals surface area contributed by atoms with Crippen molar-refractivity contribution in [3.05, 3.63) is 76.6 Å². The number of nitrogens with one attached hydrogen (secondary N) is 2. The Morgan fingerprint density at radius 3 is 2.52 bits per heavy atom. The highest BCUT2D eigenvalue weighted by Gasteiger charge is 2.52. The Hall–Kier alpha value is -3.15. The molecule has 1 aliphatic heterocycles. The predicted octanol–water partition coefficient (Wildman–Crippen LogP) is 6.17. The standard InChI is InChI=1S/C32H40IN7O2/c1-5-7-26(22-10-12-23(13-11-22)29(41)34-20-27-36-38-39-37-27)40-30(42)28(24-9-6-8-21(18-24)19-33)35-32(40)16-14-25(15-17-32)31(2,3)4/h6,8-13,18,25-26H,5,7,14-17,19-20H2,1-4H3,(H,34,41)(H,36,37,38,39)/t25?,26-,32?/m1/s1. The van der Waals surface area contributed by atoms with E-state index in [9.17, 15) is 9.59 Å². The lowest BCUT2D eigenvalue weighted by Crippen LogP contribution is -2.51. The van der Waals surface area contributed by atoms with Crippen LogP contribution in [0.2, 0.25) is 0 Å². The van der Waals surface area contributed by atoms with Crippen molar-refractivity contribution < 1.29 is 9.59 Å². The summed E-state index contributed by atoms with van der Waals surface area (Å²) >= 11 is 2.36. The van der Waals surface area contributed by atoms with Crippen LogP contribution in [0.25, 0.3) is 0 Å². The van der Waals surface area contributed by atoms with Crippen LogP contribution in [0.15, 0.2) is 53.5 Å². The molecule has 0 bridgehead atoms. The molecule has 1 fully saturated rings. The fraction of sp³-hybridized carbons (Fsp3) is 0.500. The van der Waals surface area contributed by atoms with Gasteiger partial charge in [-0.15, -0.1) is 10.2 Å². The van der Waals surface area contributed by atoms with Crippen LogP contribution >= 0.6 is 22.6 Å². The first kappa shape index (κ1) is 30.3. The number of tetrazole rings is 1. The summed E-state index contributed by atoms with van der Waals surface area (Å²) in [5, 5.41) is 16.5. The quantitative estimate of drug-likeness (QED) is 0.207. The minimum atomic E-state index is -0.561. The summed E-state index contributed by atoms with van der Waals surface area (Å²) in [6.07, 6.45) is 5.52. The second kappa shape index (κ2) is 12.6. The van der Waals surface area contributed by atoms with Gasteiger partial charge in [-0.05, 0) is 72.8 Å². The van der Waals surface area contributed by atoms with Gasteiger partial charge in [0.05, 0.1) is 12.6 Å². The van der Waals surface area contributed by atoms with Crippen LogP contribution in [0.5, 0.6) is 0 Å². The maximum absolute atomic E-state index is 14.4. The van der Waals surface area contributed by atoms with Gasteiger partial charge in [0.2, 0.25) is 0 Å². The highest BCUT2D eigenvalue weighted by Crippen LogP contribution is 2.49. The zero-order chi connectivity index (χ0) is 29.9. The first-order valence-corrected chi connectivity index (χ1v) is 16.4. The van der Waals surface area contributed by atoms with Gasteiger partial charge < -0.3 is 10.2 Å². The lowest BCUT2D eigenvalue weighted by Gasteiger charge is -2.47. The van der Waals surface area contributed by atoms with Crippen molar-refractivity contribution in [1.29, 1.82) is 0 Å². The number of carbonyl (C=O) groups is 2. The number of amides is 2. The van der Waals surface area contributed by atoms with Crippen molar-refractivity contribution in [2.24, 2.45) is 16.3 Å². The van der Waals surface area contributed by atoms with Crippen molar-refractivity contribution in [2.75, 3.05) is 0 Å². The Labute approximate surface area is 261 Å². The smallest absolute Gasteiger partial charge is 0.275 e. The summed E-state index contributed by atoms with van der Waals surface area (Å²) in [7, 11) is 0. The van der Waals surface area contributed by atoms with Gasteiger partial charge in [-0.25, -0.2) is 0 Å². The van der Waals surface area contributed by atoms with Gasteiger partial charge in [0.15, 0.2) is 5.82 Å². The van der Waals surface area contributed by atoms with E-state index >= 15 is 0 Å². The number of alkyl halides is 1. The Morgan fingerprint density at radius 1 is 1.17 bits per heavy atom. The molecule has 5 rings (SSSR count). The molecule has 1 spiro atoms. The van der Waals surface area contributed by atoms with Gasteiger partial charge in [-0.3, -0.25) is 14.6 Å². The van der Waals surface area contributed by atoms with Crippen LogP contribution in [0.4, 0.5) is 0 Å². The van der Waals surface area contributed by atoms with E-state index < -0.39 is 5.66 Å². The lowest BCUT2D eigenvalue weighted by molar-refractivity contribution is -0.133. The van der Waals surface area contributed by atoms with Gasteiger partial charge in [0.25, 0.3) is 11.8 Å². The van der Waals surface area contributed by atoms with E-state index in [1.807, 2.05) is 36.4 Å². The maximum atomic E-state index is 14.4. The molecule has 1 aliphatic carbocycles. The van der Waals surface area contributed by atoms with E-state index in [-0.39, 0.29) is 29.8 Å². The molecule has 2 aromatic carbocycles. The topological polar surface area (TPSA) is 116 Å². The number of hydrogen-bond acceptors (Lipinski definition) is 6. The fourth-order valence-electron chi connectivity index (χ4n) is 6.43. The number of aromatic nitrogens is 4. The van der Waals surface area contributed by atoms with Gasteiger partial charge in [0.1, 0.15) is 11.4 Å². The summed E-state index contributed by atoms with van der Waals surface area (Å²) in [5.41, 5.74) is 3.89. The second-order valence-corrected chi connectivity index (χ2v) is 13.3. The summed E-state index contributed by atoms with van der Waals surface area (Å²) < 4.78 is 0.878. The number of aromatic amines is 1. The number of rotatable bonds is 9. The van der Waals surface area contributed by atoms with Crippen LogP contribution in [0, 0.1) is 11.3 Å². The molecule has 3 aromatic rings. The molecule has 42 heavy (non-hydrogen) atoms. The first-order valence-electron chi connectivity index (χ1n) is 14.8. The molecule has 222 valence electrons. The SMILES string of the molecule is CCC[C@H](c1ccc(C(=O)NCc2nn[nH]n2)cc1)N1C(=O)C(c2cccc(CI)c2)=NC12CCC(C(C)(C)C)CC2. The van der Waals surface area contributed by atoms with Crippen molar-refractivity contribution in [1.82, 2.24) is 30.8 Å². The number of carbonyl (C=O) groups excluding carboxylic acids is 2.